The number of hydrogen-bond acceptors (Lipinski definition) is 2. The van der Waals surface area contributed by atoms with Crippen LogP contribution in [0.4, 0.5) is 0 Å². The first-order valence-electron chi connectivity index (χ1n) is 18.1. The van der Waals surface area contributed by atoms with Crippen LogP contribution in [0, 0.1) is 5.41 Å². The number of aromatic amines is 1. The molecule has 2 aromatic carbocycles. The number of fused-ring (bicyclic) bond motifs is 7. The second kappa shape index (κ2) is 12.6. The maximum absolute atomic E-state index is 5.35. The predicted molar refractivity (Wildman–Crippen MR) is 215 cm³/mol. The Labute approximate surface area is 301 Å². The van der Waals surface area contributed by atoms with E-state index in [1.165, 1.54) is 27.9 Å². The zero-order valence-corrected chi connectivity index (χ0v) is 30.6. The summed E-state index contributed by atoms with van der Waals surface area (Å²) in [6.07, 6.45) is 17.3. The fraction of sp³-hybridized carbons (Fsp3) is 0.208. The Morgan fingerprint density at radius 1 is 0.647 bits per heavy atom. The molecule has 0 radical (unpaired) electrons. The topological polar surface area (TPSA) is 40.5 Å². The van der Waals surface area contributed by atoms with Gasteiger partial charge in [0.25, 0.3) is 0 Å². The molecule has 0 saturated carbocycles. The largest absolute Gasteiger partial charge is 0.354 e. The Morgan fingerprint density at radius 2 is 1.16 bits per heavy atom. The summed E-state index contributed by atoms with van der Waals surface area (Å²) in [7, 11) is 0. The molecule has 3 heteroatoms. The number of aliphatic imine (C=N–C) groups is 2. The van der Waals surface area contributed by atoms with Crippen molar-refractivity contribution in [2.45, 2.75) is 61.3 Å². The van der Waals surface area contributed by atoms with Crippen molar-refractivity contribution in [3.8, 4) is 22.3 Å². The van der Waals surface area contributed by atoms with Crippen molar-refractivity contribution >= 4 is 23.6 Å². The minimum absolute atomic E-state index is 0.00132. The van der Waals surface area contributed by atoms with Crippen LogP contribution in [-0.4, -0.2) is 16.4 Å². The average molecular weight is 662 g/mol. The summed E-state index contributed by atoms with van der Waals surface area (Å²) in [6.45, 7) is 15.6. The maximum Gasteiger partial charge on any atom is 0.0693 e. The highest BCUT2D eigenvalue weighted by Crippen LogP contribution is 2.40. The summed E-state index contributed by atoms with van der Waals surface area (Å²) in [5.41, 5.74) is 26.4. The quantitative estimate of drug-likeness (QED) is 0.271. The molecule has 0 amide bonds. The van der Waals surface area contributed by atoms with E-state index in [4.69, 9.17) is 9.98 Å². The maximum atomic E-state index is 5.35. The molecule has 0 saturated heterocycles. The predicted octanol–water partition coefficient (Wildman–Crippen LogP) is 10.5. The molecule has 2 aliphatic carbocycles. The van der Waals surface area contributed by atoms with Crippen molar-refractivity contribution in [3.05, 3.63) is 175 Å². The lowest BCUT2D eigenvalue weighted by molar-refractivity contribution is 0.517. The van der Waals surface area contributed by atoms with Gasteiger partial charge in [-0.15, -0.1) is 11.5 Å². The summed E-state index contributed by atoms with van der Waals surface area (Å²) in [5, 5.41) is 2.07. The van der Waals surface area contributed by atoms with Gasteiger partial charge in [0.15, 0.2) is 0 Å². The standard InChI is InChI=1S/C48H43N3/c1-8-36-29(3)40-25-33-24-34(39-23-21-35(48(5,6)7)20-22-38(33)39)26-41-30(4)37(9-2)43(50-41)28-45-47(32-18-14-11-15-19-32)46(31-16-12-10-13-17-31)44(51-45)27-42(36)49-40/h10-22,25-28,51H,8-9H2,1-7H3. The van der Waals surface area contributed by atoms with Crippen LogP contribution in [0.1, 0.15) is 61.3 Å². The third-order valence-corrected chi connectivity index (χ3v) is 10.6. The van der Waals surface area contributed by atoms with Gasteiger partial charge in [-0.2, -0.15) is 0 Å². The first kappa shape index (κ1) is 32.5. The van der Waals surface area contributed by atoms with Crippen molar-refractivity contribution in [1.82, 2.24) is 4.98 Å². The molecule has 1 N–H and O–H groups in total. The molecule has 0 spiro atoms. The lowest BCUT2D eigenvalue weighted by Crippen LogP contribution is -2.15. The molecule has 8 bridgehead atoms. The van der Waals surface area contributed by atoms with Crippen LogP contribution in [0.5, 0.6) is 0 Å². The second-order valence-electron chi connectivity index (χ2n) is 14.8. The van der Waals surface area contributed by atoms with Crippen LogP contribution in [0.3, 0.4) is 0 Å². The van der Waals surface area contributed by atoms with Gasteiger partial charge in [0.1, 0.15) is 0 Å². The lowest BCUT2D eigenvalue weighted by Gasteiger charge is -2.18. The van der Waals surface area contributed by atoms with Crippen LogP contribution >= 0.6 is 0 Å². The number of H-pyrrole nitrogens is 1. The molecule has 4 heterocycles. The van der Waals surface area contributed by atoms with Crippen LogP contribution in [0.15, 0.2) is 174 Å². The molecular weight excluding hydrogens is 619 g/mol. The fourth-order valence-corrected chi connectivity index (χ4v) is 7.72. The van der Waals surface area contributed by atoms with Crippen LogP contribution in [-0.2, 0) is 0 Å². The van der Waals surface area contributed by atoms with Crippen LogP contribution in [0.25, 0.3) is 34.4 Å². The van der Waals surface area contributed by atoms with Gasteiger partial charge in [-0.1, -0.05) is 107 Å². The number of nitrogens with one attached hydrogen (secondary N) is 1. The third kappa shape index (κ3) is 5.66. The molecule has 51 heavy (non-hydrogen) atoms. The normalized spacial score (nSPS) is 18.0. The van der Waals surface area contributed by atoms with E-state index in [-0.39, 0.29) is 5.41 Å². The molecule has 1 aromatic heterocycles. The smallest absolute Gasteiger partial charge is 0.0693 e. The highest BCUT2D eigenvalue weighted by atomic mass is 14.8. The average Bonchev–Trinajstić information content (AvgIpc) is 3.75. The zero-order chi connectivity index (χ0) is 35.4. The van der Waals surface area contributed by atoms with E-state index in [9.17, 15) is 0 Å². The SMILES string of the molecule is CCC1=C(C)C2=CC3=C=C(C=C4N=C(C=c5[nH]c(c(-c6ccccc6)c5-c5ccccc5)=CC1=N2)C(CC)=C4C)C1=CC=C(C(C)(C)C)C=C=C31. The van der Waals surface area contributed by atoms with Crippen molar-refractivity contribution < 1.29 is 0 Å². The molecule has 0 atom stereocenters. The molecular formula is C48H43N3. The van der Waals surface area contributed by atoms with Crippen molar-refractivity contribution in [2.75, 3.05) is 0 Å². The summed E-state index contributed by atoms with van der Waals surface area (Å²) in [4.78, 5) is 14.6. The molecule has 3 aliphatic heterocycles. The molecule has 0 unspecified atom stereocenters. The minimum atomic E-state index is 0.00132. The zero-order valence-electron chi connectivity index (χ0n) is 30.6. The van der Waals surface area contributed by atoms with Gasteiger partial charge < -0.3 is 4.98 Å². The van der Waals surface area contributed by atoms with Gasteiger partial charge >= 0.3 is 0 Å². The van der Waals surface area contributed by atoms with Gasteiger partial charge in [0, 0.05) is 44.1 Å². The molecule has 0 fully saturated rings. The van der Waals surface area contributed by atoms with Crippen molar-refractivity contribution in [2.24, 2.45) is 15.4 Å². The fourth-order valence-electron chi connectivity index (χ4n) is 7.72. The lowest BCUT2D eigenvalue weighted by atomic mass is 9.86. The van der Waals surface area contributed by atoms with Gasteiger partial charge in [-0.05, 0) is 101 Å². The summed E-state index contributed by atoms with van der Waals surface area (Å²) < 4.78 is 0. The van der Waals surface area contributed by atoms with E-state index >= 15 is 0 Å². The van der Waals surface area contributed by atoms with E-state index < -0.39 is 0 Å². The molecule has 3 aromatic rings. The summed E-state index contributed by atoms with van der Waals surface area (Å²) >= 11 is 0. The van der Waals surface area contributed by atoms with E-state index in [0.29, 0.717) is 0 Å². The van der Waals surface area contributed by atoms with Gasteiger partial charge in [-0.25, -0.2) is 9.98 Å². The molecule has 8 rings (SSSR count). The number of rotatable bonds is 4. The van der Waals surface area contributed by atoms with Crippen LogP contribution in [0.2, 0.25) is 0 Å². The summed E-state index contributed by atoms with van der Waals surface area (Å²) in [5.74, 6) is 0. The van der Waals surface area contributed by atoms with E-state index in [1.54, 1.807) is 0 Å². The minimum Gasteiger partial charge on any atom is -0.354 e. The van der Waals surface area contributed by atoms with E-state index in [2.05, 4.69) is 168 Å². The molecule has 3 nitrogen and oxygen atoms in total. The number of allylic oxidation sites excluding steroid dienone is 12. The van der Waals surface area contributed by atoms with Gasteiger partial charge in [0.05, 0.1) is 22.8 Å². The highest BCUT2D eigenvalue weighted by molar-refractivity contribution is 6.25. The van der Waals surface area contributed by atoms with Gasteiger partial charge in [0.2, 0.25) is 0 Å². The van der Waals surface area contributed by atoms with Crippen molar-refractivity contribution in [3.63, 3.8) is 0 Å². The first-order chi connectivity index (χ1) is 24.6. The highest BCUT2D eigenvalue weighted by Gasteiger charge is 2.27. The Balaban J connectivity index is 1.48. The second-order valence-corrected chi connectivity index (χ2v) is 14.8. The number of aromatic nitrogens is 1. The monoisotopic (exact) mass is 661 g/mol. The van der Waals surface area contributed by atoms with Crippen molar-refractivity contribution in [1.29, 1.82) is 0 Å². The van der Waals surface area contributed by atoms with Gasteiger partial charge in [-0.3, -0.25) is 0 Å². The third-order valence-electron chi connectivity index (χ3n) is 10.6. The molecule has 5 aliphatic rings. The van der Waals surface area contributed by atoms with E-state index in [1.807, 2.05) is 0 Å². The Bertz CT molecular complexity index is 2560. The first-order valence-corrected chi connectivity index (χ1v) is 18.1. The Kier molecular flexibility index (Phi) is 8.00. The Hall–Kier alpha value is -5.72. The van der Waals surface area contributed by atoms with E-state index in [0.717, 1.165) is 90.9 Å². The van der Waals surface area contributed by atoms with Crippen LogP contribution < -0.4 is 10.7 Å². The number of hydrogen-bond donors (Lipinski definition) is 1. The summed E-state index contributed by atoms with van der Waals surface area (Å²) in [6, 6.07) is 21.4. The number of nitrogens with zero attached hydrogens (tertiary/aromatic N) is 2. The Morgan fingerprint density at radius 3 is 1.65 bits per heavy atom. The number of benzene rings is 2. The molecule has 250 valence electrons.